The van der Waals surface area contributed by atoms with Gasteiger partial charge in [-0.2, -0.15) is 0 Å². The van der Waals surface area contributed by atoms with E-state index in [4.69, 9.17) is 9.47 Å². The molecule has 0 bridgehead atoms. The Kier molecular flexibility index (Phi) is 3.20. The van der Waals surface area contributed by atoms with Gasteiger partial charge in [-0.05, 0) is 37.8 Å². The predicted molar refractivity (Wildman–Crippen MR) is 80.4 cm³/mol. The van der Waals surface area contributed by atoms with Crippen LogP contribution in [0.3, 0.4) is 0 Å². The second kappa shape index (κ2) is 4.66. The molecular formula is C17H25NO2. The molecule has 1 heterocycles. The van der Waals surface area contributed by atoms with E-state index in [1.54, 1.807) is 7.11 Å². The molecule has 2 atom stereocenters. The molecule has 3 heteroatoms. The van der Waals surface area contributed by atoms with Crippen LogP contribution in [0.4, 0.5) is 0 Å². The summed E-state index contributed by atoms with van der Waals surface area (Å²) in [5, 5.41) is 3.46. The van der Waals surface area contributed by atoms with E-state index in [0.717, 1.165) is 30.8 Å². The molecule has 1 aromatic carbocycles. The minimum absolute atomic E-state index is 0.00343. The molecule has 2 aliphatic rings. The van der Waals surface area contributed by atoms with Gasteiger partial charge in [0.25, 0.3) is 0 Å². The maximum Gasteiger partial charge on any atom is 0.128 e. The minimum Gasteiger partial charge on any atom is -0.497 e. The Hall–Kier alpha value is -1.22. The van der Waals surface area contributed by atoms with Crippen molar-refractivity contribution in [1.82, 2.24) is 5.32 Å². The highest BCUT2D eigenvalue weighted by Gasteiger charge is 2.49. The SMILES string of the molecule is CNC1CC2(CCC(C)(C)C2)Oc2cc(OC)ccc21. The summed E-state index contributed by atoms with van der Waals surface area (Å²) >= 11 is 0. The quantitative estimate of drug-likeness (QED) is 0.893. The van der Waals surface area contributed by atoms with Crippen LogP contribution in [0.2, 0.25) is 0 Å². The molecule has 3 nitrogen and oxygen atoms in total. The van der Waals surface area contributed by atoms with Crippen LogP contribution in [0.15, 0.2) is 18.2 Å². The summed E-state index contributed by atoms with van der Waals surface area (Å²) in [6, 6.07) is 6.55. The average molecular weight is 275 g/mol. The molecule has 1 N–H and O–H groups in total. The van der Waals surface area contributed by atoms with E-state index >= 15 is 0 Å². The normalized spacial score (nSPS) is 30.9. The first-order valence-corrected chi connectivity index (χ1v) is 7.51. The smallest absolute Gasteiger partial charge is 0.128 e. The van der Waals surface area contributed by atoms with Crippen molar-refractivity contribution >= 4 is 0 Å². The van der Waals surface area contributed by atoms with Gasteiger partial charge in [-0.25, -0.2) is 0 Å². The van der Waals surface area contributed by atoms with Crippen molar-refractivity contribution in [2.45, 2.75) is 51.2 Å². The van der Waals surface area contributed by atoms with Crippen molar-refractivity contribution in [3.05, 3.63) is 23.8 Å². The molecule has 0 radical (unpaired) electrons. The Bertz CT molecular complexity index is 512. The highest BCUT2D eigenvalue weighted by atomic mass is 16.5. The number of benzene rings is 1. The lowest BCUT2D eigenvalue weighted by Crippen LogP contribution is -2.42. The molecule has 0 saturated heterocycles. The third-order valence-corrected chi connectivity index (χ3v) is 4.91. The summed E-state index contributed by atoms with van der Waals surface area (Å²) in [4.78, 5) is 0. The highest BCUT2D eigenvalue weighted by molar-refractivity contribution is 5.44. The number of rotatable bonds is 2. The molecule has 1 aliphatic carbocycles. The Balaban J connectivity index is 1.97. The minimum atomic E-state index is -0.00343. The molecule has 110 valence electrons. The fourth-order valence-corrected chi connectivity index (χ4v) is 3.91. The van der Waals surface area contributed by atoms with Gasteiger partial charge in [-0.3, -0.25) is 0 Å². The third-order valence-electron chi connectivity index (χ3n) is 4.91. The largest absolute Gasteiger partial charge is 0.497 e. The van der Waals surface area contributed by atoms with Crippen LogP contribution in [0.25, 0.3) is 0 Å². The Morgan fingerprint density at radius 2 is 2.10 bits per heavy atom. The van der Waals surface area contributed by atoms with Crippen molar-refractivity contribution in [2.75, 3.05) is 14.2 Å². The van der Waals surface area contributed by atoms with Crippen LogP contribution in [0.5, 0.6) is 11.5 Å². The molecule has 1 spiro atoms. The standard InChI is InChI=1S/C17H25NO2/c1-16(2)7-8-17(11-16)10-14(18-3)13-6-5-12(19-4)9-15(13)20-17/h5-6,9,14,18H,7-8,10-11H2,1-4H3. The van der Waals surface area contributed by atoms with Crippen molar-refractivity contribution < 1.29 is 9.47 Å². The molecule has 1 saturated carbocycles. The first-order valence-electron chi connectivity index (χ1n) is 7.51. The predicted octanol–water partition coefficient (Wildman–Crippen LogP) is 3.69. The van der Waals surface area contributed by atoms with E-state index in [1.165, 1.54) is 12.0 Å². The van der Waals surface area contributed by atoms with Gasteiger partial charge in [0.1, 0.15) is 17.1 Å². The molecule has 1 aliphatic heterocycles. The summed E-state index contributed by atoms with van der Waals surface area (Å²) in [5.74, 6) is 1.86. The van der Waals surface area contributed by atoms with Gasteiger partial charge < -0.3 is 14.8 Å². The van der Waals surface area contributed by atoms with Crippen LogP contribution >= 0.6 is 0 Å². The number of hydrogen-bond donors (Lipinski definition) is 1. The van der Waals surface area contributed by atoms with Crippen molar-refractivity contribution in [3.63, 3.8) is 0 Å². The van der Waals surface area contributed by atoms with Gasteiger partial charge in [0.2, 0.25) is 0 Å². The second-order valence-corrected chi connectivity index (χ2v) is 7.08. The van der Waals surface area contributed by atoms with Gasteiger partial charge in [-0.15, -0.1) is 0 Å². The molecule has 20 heavy (non-hydrogen) atoms. The number of methoxy groups -OCH3 is 1. The molecule has 1 aromatic rings. The van der Waals surface area contributed by atoms with Gasteiger partial charge in [0.15, 0.2) is 0 Å². The van der Waals surface area contributed by atoms with E-state index in [-0.39, 0.29) is 5.60 Å². The number of nitrogens with one attached hydrogen (secondary N) is 1. The maximum absolute atomic E-state index is 6.47. The first kappa shape index (κ1) is 13.7. The monoisotopic (exact) mass is 275 g/mol. The van der Waals surface area contributed by atoms with Crippen molar-refractivity contribution in [1.29, 1.82) is 0 Å². The van der Waals surface area contributed by atoms with Gasteiger partial charge in [0, 0.05) is 24.1 Å². The molecule has 1 fully saturated rings. The van der Waals surface area contributed by atoms with Crippen LogP contribution in [-0.2, 0) is 0 Å². The van der Waals surface area contributed by atoms with E-state index in [9.17, 15) is 0 Å². The summed E-state index contributed by atoms with van der Waals surface area (Å²) < 4.78 is 11.8. The lowest BCUT2D eigenvalue weighted by atomic mass is 9.82. The molecule has 0 amide bonds. The van der Waals surface area contributed by atoms with E-state index in [2.05, 4.69) is 25.2 Å². The summed E-state index contributed by atoms with van der Waals surface area (Å²) in [5.41, 5.74) is 1.63. The number of ether oxygens (including phenoxy) is 2. The average Bonchev–Trinajstić information content (AvgIpc) is 2.71. The van der Waals surface area contributed by atoms with Crippen LogP contribution in [-0.4, -0.2) is 19.8 Å². The summed E-state index contributed by atoms with van der Waals surface area (Å²) in [6.45, 7) is 4.70. The zero-order chi connectivity index (χ0) is 14.4. The van der Waals surface area contributed by atoms with Crippen LogP contribution in [0, 0.1) is 5.41 Å². The van der Waals surface area contributed by atoms with Crippen LogP contribution < -0.4 is 14.8 Å². The van der Waals surface area contributed by atoms with Gasteiger partial charge in [0.05, 0.1) is 7.11 Å². The Morgan fingerprint density at radius 3 is 2.70 bits per heavy atom. The molecule has 0 aromatic heterocycles. The highest BCUT2D eigenvalue weighted by Crippen LogP contribution is 2.53. The molecule has 3 rings (SSSR count). The van der Waals surface area contributed by atoms with E-state index in [1.807, 2.05) is 19.2 Å². The first-order chi connectivity index (χ1) is 9.47. The zero-order valence-electron chi connectivity index (χ0n) is 13.0. The summed E-state index contributed by atoms with van der Waals surface area (Å²) in [7, 11) is 3.74. The molecule has 2 unspecified atom stereocenters. The molecular weight excluding hydrogens is 250 g/mol. The topological polar surface area (TPSA) is 30.5 Å². The fraction of sp³-hybridized carbons (Fsp3) is 0.647. The maximum atomic E-state index is 6.47. The lowest BCUT2D eigenvalue weighted by molar-refractivity contribution is 0.0285. The van der Waals surface area contributed by atoms with Crippen LogP contribution in [0.1, 0.15) is 51.1 Å². The van der Waals surface area contributed by atoms with Gasteiger partial charge in [-0.1, -0.05) is 19.9 Å². The number of fused-ring (bicyclic) bond motifs is 1. The Labute approximate surface area is 121 Å². The van der Waals surface area contributed by atoms with E-state index < -0.39 is 0 Å². The summed E-state index contributed by atoms with van der Waals surface area (Å²) in [6.07, 6.45) is 4.58. The van der Waals surface area contributed by atoms with E-state index in [0.29, 0.717) is 11.5 Å². The lowest BCUT2D eigenvalue weighted by Gasteiger charge is -2.41. The Morgan fingerprint density at radius 1 is 1.30 bits per heavy atom. The van der Waals surface area contributed by atoms with Crippen molar-refractivity contribution in [3.8, 4) is 11.5 Å². The third kappa shape index (κ3) is 2.28. The number of hydrogen-bond acceptors (Lipinski definition) is 3. The zero-order valence-corrected chi connectivity index (χ0v) is 13.0. The fourth-order valence-electron chi connectivity index (χ4n) is 3.91. The second-order valence-electron chi connectivity index (χ2n) is 7.08. The van der Waals surface area contributed by atoms with Crippen molar-refractivity contribution in [2.24, 2.45) is 5.41 Å². The van der Waals surface area contributed by atoms with Gasteiger partial charge >= 0.3 is 0 Å².